The Bertz CT molecular complexity index is 1050. The lowest BCUT2D eigenvalue weighted by Gasteiger charge is -2.18. The number of hydrogen-bond donors (Lipinski definition) is 2. The first-order chi connectivity index (χ1) is 15.5. The van der Waals surface area contributed by atoms with Crippen LogP contribution in [0.4, 0.5) is 5.69 Å². The fourth-order valence-corrected chi connectivity index (χ4v) is 4.25. The molecule has 0 radical (unpaired) electrons. The molecule has 0 aromatic heterocycles. The Morgan fingerprint density at radius 2 is 1.53 bits per heavy atom. The van der Waals surface area contributed by atoms with E-state index >= 15 is 0 Å². The van der Waals surface area contributed by atoms with Crippen LogP contribution in [0.15, 0.2) is 66.7 Å². The molecule has 1 aliphatic heterocycles. The lowest BCUT2D eigenvalue weighted by molar-refractivity contribution is -0.142. The fourth-order valence-electron chi connectivity index (χ4n) is 4.25. The monoisotopic (exact) mass is 431 g/mol. The van der Waals surface area contributed by atoms with Crippen molar-refractivity contribution < 1.29 is 19.2 Å². The molecule has 0 saturated carbocycles. The minimum atomic E-state index is -0.519. The summed E-state index contributed by atoms with van der Waals surface area (Å²) in [7, 11) is 0. The highest BCUT2D eigenvalue weighted by atomic mass is 16.2. The molecule has 1 saturated heterocycles. The van der Waals surface area contributed by atoms with Crippen LogP contribution in [0.25, 0.3) is 0 Å². The second-order valence-corrected chi connectivity index (χ2v) is 8.12. The maximum absolute atomic E-state index is 12.9. The molecule has 3 atom stereocenters. The zero-order valence-electron chi connectivity index (χ0n) is 17.8. The number of imide groups is 1. The van der Waals surface area contributed by atoms with Gasteiger partial charge in [0.2, 0.25) is 17.7 Å². The average molecular weight is 431 g/mol. The third kappa shape index (κ3) is 4.32. The molecular weight excluding hydrogens is 406 g/mol. The van der Waals surface area contributed by atoms with E-state index < -0.39 is 5.91 Å². The van der Waals surface area contributed by atoms with Gasteiger partial charge in [-0.05, 0) is 37.5 Å². The lowest BCUT2D eigenvalue weighted by Crippen LogP contribution is -2.38. The maximum atomic E-state index is 12.9. The number of likely N-dealkylation sites (tertiary alicyclic amines) is 1. The van der Waals surface area contributed by atoms with Crippen LogP contribution < -0.4 is 10.6 Å². The van der Waals surface area contributed by atoms with Crippen molar-refractivity contribution >= 4 is 29.3 Å². The SMILES string of the molecule is C[C@H](NC(=O)c1ccccc1NC(=O)CN1C(=O)[C@@H]2CC=CC[C@H]2C1=O)c1ccccc1. The molecule has 4 rings (SSSR count). The Hall–Kier alpha value is -3.74. The molecule has 2 N–H and O–H groups in total. The molecule has 32 heavy (non-hydrogen) atoms. The molecule has 1 heterocycles. The summed E-state index contributed by atoms with van der Waals surface area (Å²) in [6.07, 6.45) is 4.86. The predicted octanol–water partition coefficient (Wildman–Crippen LogP) is 3.07. The summed E-state index contributed by atoms with van der Waals surface area (Å²) in [5.41, 5.74) is 1.60. The fraction of sp³-hybridized carbons (Fsp3) is 0.280. The number of carbonyl (C=O) groups is 4. The Morgan fingerprint density at radius 1 is 0.938 bits per heavy atom. The van der Waals surface area contributed by atoms with Gasteiger partial charge in [0.15, 0.2) is 0 Å². The van der Waals surface area contributed by atoms with Gasteiger partial charge >= 0.3 is 0 Å². The van der Waals surface area contributed by atoms with Crippen LogP contribution in [0.1, 0.15) is 41.7 Å². The standard InChI is InChI=1S/C25H25N3O4/c1-16(17-9-3-2-4-10-17)26-23(30)20-13-7-8-14-21(20)27-22(29)15-28-24(31)18-11-5-6-12-19(18)25(28)32/h2-10,13-14,16,18-19H,11-12,15H2,1H3,(H,26,30)(H,27,29)/t16-,18+,19+/m0/s1. The van der Waals surface area contributed by atoms with Gasteiger partial charge in [-0.2, -0.15) is 0 Å². The van der Waals surface area contributed by atoms with Crippen molar-refractivity contribution in [1.29, 1.82) is 0 Å². The van der Waals surface area contributed by atoms with E-state index in [-0.39, 0.29) is 42.1 Å². The number of nitrogens with one attached hydrogen (secondary N) is 2. The number of rotatable bonds is 6. The highest BCUT2D eigenvalue weighted by molar-refractivity contribution is 6.10. The molecule has 1 aliphatic carbocycles. The van der Waals surface area contributed by atoms with Gasteiger partial charge in [0.25, 0.3) is 5.91 Å². The zero-order valence-corrected chi connectivity index (χ0v) is 17.8. The van der Waals surface area contributed by atoms with Gasteiger partial charge in [-0.1, -0.05) is 54.6 Å². The summed E-state index contributed by atoms with van der Waals surface area (Å²) in [6.45, 7) is 1.52. The van der Waals surface area contributed by atoms with Crippen LogP contribution in [0.3, 0.4) is 0 Å². The van der Waals surface area contributed by atoms with Gasteiger partial charge < -0.3 is 10.6 Å². The number of anilines is 1. The van der Waals surface area contributed by atoms with Crippen LogP contribution >= 0.6 is 0 Å². The van der Waals surface area contributed by atoms with Gasteiger partial charge in [0.1, 0.15) is 6.54 Å². The number of para-hydroxylation sites is 1. The first kappa shape index (κ1) is 21.5. The van der Waals surface area contributed by atoms with Crippen LogP contribution in [-0.2, 0) is 14.4 Å². The van der Waals surface area contributed by atoms with E-state index in [1.807, 2.05) is 49.4 Å². The second-order valence-electron chi connectivity index (χ2n) is 8.12. The molecule has 0 unspecified atom stereocenters. The molecule has 7 heteroatoms. The molecular formula is C25H25N3O4. The van der Waals surface area contributed by atoms with E-state index in [1.54, 1.807) is 24.3 Å². The first-order valence-electron chi connectivity index (χ1n) is 10.7. The zero-order chi connectivity index (χ0) is 22.7. The first-order valence-corrected chi connectivity index (χ1v) is 10.7. The topological polar surface area (TPSA) is 95.6 Å². The summed E-state index contributed by atoms with van der Waals surface area (Å²) in [4.78, 5) is 51.8. The minimum Gasteiger partial charge on any atom is -0.345 e. The Morgan fingerprint density at radius 3 is 2.19 bits per heavy atom. The molecule has 0 spiro atoms. The summed E-state index contributed by atoms with van der Waals surface area (Å²) in [5.74, 6) is -2.21. The van der Waals surface area contributed by atoms with Crippen LogP contribution in [0.2, 0.25) is 0 Å². The van der Waals surface area contributed by atoms with E-state index in [2.05, 4.69) is 10.6 Å². The second kappa shape index (κ2) is 9.18. The number of hydrogen-bond acceptors (Lipinski definition) is 4. The number of allylic oxidation sites excluding steroid dienone is 2. The lowest BCUT2D eigenvalue weighted by atomic mass is 9.85. The van der Waals surface area contributed by atoms with E-state index in [4.69, 9.17) is 0 Å². The number of nitrogens with zero attached hydrogens (tertiary/aromatic N) is 1. The molecule has 1 fully saturated rings. The molecule has 4 amide bonds. The largest absolute Gasteiger partial charge is 0.345 e. The highest BCUT2D eigenvalue weighted by Gasteiger charge is 2.47. The van der Waals surface area contributed by atoms with Crippen molar-refractivity contribution in [2.24, 2.45) is 11.8 Å². The molecule has 2 aromatic rings. The van der Waals surface area contributed by atoms with Crippen molar-refractivity contribution in [2.75, 3.05) is 11.9 Å². The van der Waals surface area contributed by atoms with Gasteiger partial charge in [0, 0.05) is 0 Å². The summed E-state index contributed by atoms with van der Waals surface area (Å²) in [6, 6.07) is 16.0. The minimum absolute atomic E-state index is 0.218. The predicted molar refractivity (Wildman–Crippen MR) is 119 cm³/mol. The third-order valence-corrected chi connectivity index (χ3v) is 5.99. The van der Waals surface area contributed by atoms with E-state index in [1.165, 1.54) is 0 Å². The van der Waals surface area contributed by atoms with Crippen molar-refractivity contribution in [3.63, 3.8) is 0 Å². The van der Waals surface area contributed by atoms with Crippen molar-refractivity contribution in [2.45, 2.75) is 25.8 Å². The van der Waals surface area contributed by atoms with Crippen molar-refractivity contribution in [3.05, 3.63) is 77.9 Å². The number of benzene rings is 2. The van der Waals surface area contributed by atoms with E-state index in [0.29, 0.717) is 24.1 Å². The third-order valence-electron chi connectivity index (χ3n) is 5.99. The Labute approximate surface area is 186 Å². The van der Waals surface area contributed by atoms with E-state index in [0.717, 1.165) is 10.5 Å². The Kier molecular flexibility index (Phi) is 6.16. The summed E-state index contributed by atoms with van der Waals surface area (Å²) < 4.78 is 0. The summed E-state index contributed by atoms with van der Waals surface area (Å²) >= 11 is 0. The number of carbonyl (C=O) groups excluding carboxylic acids is 4. The van der Waals surface area contributed by atoms with Gasteiger partial charge in [-0.25, -0.2) is 0 Å². The van der Waals surface area contributed by atoms with Crippen LogP contribution in [0.5, 0.6) is 0 Å². The van der Waals surface area contributed by atoms with Crippen LogP contribution in [0, 0.1) is 11.8 Å². The van der Waals surface area contributed by atoms with Gasteiger partial charge in [0.05, 0.1) is 29.1 Å². The molecule has 0 bridgehead atoms. The van der Waals surface area contributed by atoms with Crippen LogP contribution in [-0.4, -0.2) is 35.1 Å². The molecule has 2 aliphatic rings. The molecule has 164 valence electrons. The Balaban J connectivity index is 1.43. The molecule has 2 aromatic carbocycles. The van der Waals surface area contributed by atoms with Crippen molar-refractivity contribution in [3.8, 4) is 0 Å². The number of amides is 4. The molecule has 7 nitrogen and oxygen atoms in total. The quantitative estimate of drug-likeness (QED) is 0.543. The average Bonchev–Trinajstić information content (AvgIpc) is 3.05. The van der Waals surface area contributed by atoms with Crippen molar-refractivity contribution in [1.82, 2.24) is 10.2 Å². The summed E-state index contributed by atoms with van der Waals surface area (Å²) in [5, 5.41) is 5.62. The maximum Gasteiger partial charge on any atom is 0.253 e. The normalized spacial score (nSPS) is 20.6. The highest BCUT2D eigenvalue weighted by Crippen LogP contribution is 2.34. The van der Waals surface area contributed by atoms with E-state index in [9.17, 15) is 19.2 Å². The number of fused-ring (bicyclic) bond motifs is 1. The van der Waals surface area contributed by atoms with Gasteiger partial charge in [-0.3, -0.25) is 24.1 Å². The smallest absolute Gasteiger partial charge is 0.253 e. The van der Waals surface area contributed by atoms with Gasteiger partial charge in [-0.15, -0.1) is 0 Å².